The summed E-state index contributed by atoms with van der Waals surface area (Å²) in [6.45, 7) is 0. The van der Waals surface area contributed by atoms with E-state index in [9.17, 15) is 24.6 Å². The van der Waals surface area contributed by atoms with Crippen molar-refractivity contribution in [1.82, 2.24) is 0 Å². The van der Waals surface area contributed by atoms with Gasteiger partial charge in [0.05, 0.1) is 11.1 Å². The monoisotopic (exact) mass is 368 g/mol. The topological polar surface area (TPSA) is 110 Å². The van der Waals surface area contributed by atoms with Gasteiger partial charge in [-0.15, -0.1) is 0 Å². The molecule has 2 aromatic rings. The highest BCUT2D eigenvalue weighted by molar-refractivity contribution is 6.00. The number of ketones is 1. The third-order valence-electron chi connectivity index (χ3n) is 4.01. The van der Waals surface area contributed by atoms with Crippen LogP contribution in [0.15, 0.2) is 72.8 Å². The van der Waals surface area contributed by atoms with Crippen molar-refractivity contribution in [2.24, 2.45) is 0 Å². The van der Waals surface area contributed by atoms with Crippen LogP contribution in [0.4, 0.5) is 0 Å². The van der Waals surface area contributed by atoms with E-state index in [0.29, 0.717) is 0 Å². The number of ether oxygens (including phenoxy) is 2. The SMILES string of the molecule is O=C(O[C@@H]1C=CC(=O)[C@](O)(OC(=O)c2ccccc2)[C@H]1O)c1ccccc1. The largest absolute Gasteiger partial charge is 0.451 e. The summed E-state index contributed by atoms with van der Waals surface area (Å²) in [5, 5.41) is 20.9. The molecule has 0 heterocycles. The van der Waals surface area contributed by atoms with E-state index in [4.69, 9.17) is 9.47 Å². The zero-order valence-electron chi connectivity index (χ0n) is 14.0. The van der Waals surface area contributed by atoms with Gasteiger partial charge in [-0.3, -0.25) is 4.79 Å². The van der Waals surface area contributed by atoms with Crippen molar-refractivity contribution >= 4 is 17.7 Å². The second-order valence-electron chi connectivity index (χ2n) is 5.86. The van der Waals surface area contributed by atoms with Crippen molar-refractivity contribution in [3.05, 3.63) is 83.9 Å². The number of aliphatic hydroxyl groups excluding tert-OH is 1. The Balaban J connectivity index is 1.78. The molecule has 0 bridgehead atoms. The lowest BCUT2D eigenvalue weighted by molar-refractivity contribution is -0.231. The molecule has 0 saturated heterocycles. The minimum Gasteiger partial charge on any atom is -0.451 e. The molecule has 3 atom stereocenters. The van der Waals surface area contributed by atoms with Crippen LogP contribution in [0.1, 0.15) is 20.7 Å². The number of hydrogen-bond acceptors (Lipinski definition) is 7. The zero-order valence-corrected chi connectivity index (χ0v) is 14.0. The van der Waals surface area contributed by atoms with Crippen LogP contribution in [0.5, 0.6) is 0 Å². The van der Waals surface area contributed by atoms with Crippen LogP contribution in [0, 0.1) is 0 Å². The second-order valence-corrected chi connectivity index (χ2v) is 5.86. The molecule has 2 N–H and O–H groups in total. The standard InChI is InChI=1S/C20H16O7/c21-16-12-11-15(26-18(23)13-7-3-1-4-8-13)17(22)20(16,25)27-19(24)14-9-5-2-6-10-14/h1-12,15,17,22,25H/t15-,17+,20+/m1/s1. The Morgan fingerprint density at radius 1 is 0.889 bits per heavy atom. The molecule has 1 aliphatic carbocycles. The van der Waals surface area contributed by atoms with Gasteiger partial charge >= 0.3 is 17.7 Å². The molecule has 3 rings (SSSR count). The van der Waals surface area contributed by atoms with Crippen molar-refractivity contribution in [2.45, 2.75) is 18.0 Å². The molecule has 0 saturated carbocycles. The first-order chi connectivity index (χ1) is 12.9. The molecule has 27 heavy (non-hydrogen) atoms. The summed E-state index contributed by atoms with van der Waals surface area (Å²) in [5.74, 6) is -5.68. The molecule has 0 unspecified atom stereocenters. The van der Waals surface area contributed by atoms with Crippen molar-refractivity contribution in [3.8, 4) is 0 Å². The van der Waals surface area contributed by atoms with Crippen molar-refractivity contribution in [1.29, 1.82) is 0 Å². The molecule has 0 fully saturated rings. The number of esters is 2. The van der Waals surface area contributed by atoms with Crippen LogP contribution < -0.4 is 0 Å². The number of hydrogen-bond donors (Lipinski definition) is 2. The number of carbonyl (C=O) groups excluding carboxylic acids is 3. The van der Waals surface area contributed by atoms with Crippen LogP contribution >= 0.6 is 0 Å². The first-order valence-electron chi connectivity index (χ1n) is 8.09. The van der Waals surface area contributed by atoms with E-state index >= 15 is 0 Å². The van der Waals surface area contributed by atoms with E-state index in [1.165, 1.54) is 24.3 Å². The van der Waals surface area contributed by atoms with Gasteiger partial charge in [0.1, 0.15) is 0 Å². The van der Waals surface area contributed by atoms with Gasteiger partial charge in [0.25, 0.3) is 0 Å². The average molecular weight is 368 g/mol. The fraction of sp³-hybridized carbons (Fsp3) is 0.150. The minimum atomic E-state index is -2.87. The molecule has 1 aliphatic rings. The highest BCUT2D eigenvalue weighted by atomic mass is 16.7. The predicted molar refractivity (Wildman–Crippen MR) is 92.6 cm³/mol. The summed E-state index contributed by atoms with van der Waals surface area (Å²) in [6, 6.07) is 15.7. The first kappa shape index (κ1) is 18.5. The Hall–Kier alpha value is -3.29. The minimum absolute atomic E-state index is 0.0818. The van der Waals surface area contributed by atoms with Gasteiger partial charge in [-0.1, -0.05) is 36.4 Å². The van der Waals surface area contributed by atoms with Gasteiger partial charge in [0.15, 0.2) is 12.2 Å². The molecular formula is C20H16O7. The number of aliphatic hydroxyl groups is 2. The number of carbonyl (C=O) groups is 3. The summed E-state index contributed by atoms with van der Waals surface area (Å²) < 4.78 is 10.0. The van der Waals surface area contributed by atoms with Gasteiger partial charge < -0.3 is 19.7 Å². The van der Waals surface area contributed by atoms with E-state index in [1.54, 1.807) is 36.4 Å². The molecule has 0 radical (unpaired) electrons. The van der Waals surface area contributed by atoms with Gasteiger partial charge in [0.2, 0.25) is 5.78 Å². The van der Waals surface area contributed by atoms with Crippen LogP contribution in [0.3, 0.4) is 0 Å². The maximum absolute atomic E-state index is 12.2. The lowest BCUT2D eigenvalue weighted by Crippen LogP contribution is -2.59. The van der Waals surface area contributed by atoms with Crippen LogP contribution in [-0.4, -0.2) is 45.9 Å². The number of benzene rings is 2. The van der Waals surface area contributed by atoms with Gasteiger partial charge in [-0.2, -0.15) is 0 Å². The van der Waals surface area contributed by atoms with E-state index in [2.05, 4.69) is 0 Å². The molecule has 2 aromatic carbocycles. The maximum Gasteiger partial charge on any atom is 0.341 e. The Bertz CT molecular complexity index is 876. The summed E-state index contributed by atoms with van der Waals surface area (Å²) >= 11 is 0. The summed E-state index contributed by atoms with van der Waals surface area (Å²) in [5.41, 5.74) is 0.304. The molecular weight excluding hydrogens is 352 g/mol. The number of rotatable bonds is 4. The lowest BCUT2D eigenvalue weighted by Gasteiger charge is -2.35. The highest BCUT2D eigenvalue weighted by Crippen LogP contribution is 2.27. The fourth-order valence-corrected chi connectivity index (χ4v) is 2.53. The normalized spacial score (nSPS) is 24.3. The molecule has 0 aliphatic heterocycles. The third kappa shape index (κ3) is 3.79. The molecule has 0 spiro atoms. The van der Waals surface area contributed by atoms with E-state index in [0.717, 1.165) is 12.2 Å². The lowest BCUT2D eigenvalue weighted by atomic mass is 9.93. The molecule has 7 nitrogen and oxygen atoms in total. The highest BCUT2D eigenvalue weighted by Gasteiger charge is 2.53. The smallest absolute Gasteiger partial charge is 0.341 e. The van der Waals surface area contributed by atoms with E-state index < -0.39 is 35.7 Å². The molecule has 7 heteroatoms. The second kappa shape index (κ2) is 7.53. The van der Waals surface area contributed by atoms with Crippen LogP contribution in [0.25, 0.3) is 0 Å². The Morgan fingerprint density at radius 2 is 1.41 bits per heavy atom. The summed E-state index contributed by atoms with van der Waals surface area (Å²) in [4.78, 5) is 36.4. The van der Waals surface area contributed by atoms with E-state index in [1.807, 2.05) is 0 Å². The predicted octanol–water partition coefficient (Wildman–Crippen LogP) is 1.26. The van der Waals surface area contributed by atoms with Crippen molar-refractivity contribution in [2.75, 3.05) is 0 Å². The van der Waals surface area contributed by atoms with Crippen molar-refractivity contribution in [3.63, 3.8) is 0 Å². The first-order valence-corrected chi connectivity index (χ1v) is 8.09. The average Bonchev–Trinajstić information content (AvgIpc) is 2.70. The molecule has 0 amide bonds. The molecule has 138 valence electrons. The van der Waals surface area contributed by atoms with Crippen molar-refractivity contribution < 1.29 is 34.1 Å². The fourth-order valence-electron chi connectivity index (χ4n) is 2.53. The van der Waals surface area contributed by atoms with Crippen LogP contribution in [0.2, 0.25) is 0 Å². The Morgan fingerprint density at radius 3 is 1.96 bits per heavy atom. The van der Waals surface area contributed by atoms with Crippen LogP contribution in [-0.2, 0) is 14.3 Å². The van der Waals surface area contributed by atoms with Gasteiger partial charge in [0, 0.05) is 0 Å². The Labute approximate surface area is 154 Å². The summed E-state index contributed by atoms with van der Waals surface area (Å²) in [7, 11) is 0. The zero-order chi connectivity index (χ0) is 19.4. The van der Waals surface area contributed by atoms with Gasteiger partial charge in [-0.05, 0) is 36.4 Å². The van der Waals surface area contributed by atoms with E-state index in [-0.39, 0.29) is 11.1 Å². The Kier molecular flexibility index (Phi) is 5.16. The molecule has 0 aromatic heterocycles. The third-order valence-corrected chi connectivity index (χ3v) is 4.01. The quantitative estimate of drug-likeness (QED) is 0.617. The maximum atomic E-state index is 12.2. The van der Waals surface area contributed by atoms with Gasteiger partial charge in [-0.25, -0.2) is 9.59 Å². The summed E-state index contributed by atoms with van der Waals surface area (Å²) in [6.07, 6.45) is -1.36.